The van der Waals surface area contributed by atoms with Crippen LogP contribution in [0.2, 0.25) is 0 Å². The van der Waals surface area contributed by atoms with Crippen LogP contribution < -0.4 is 10.6 Å². The van der Waals surface area contributed by atoms with Crippen LogP contribution in [0.15, 0.2) is 0 Å². The number of amides is 1. The number of nitrogens with one attached hydrogen (secondary N) is 2. The molecule has 0 aliphatic carbocycles. The third-order valence-corrected chi connectivity index (χ3v) is 2.35. The van der Waals surface area contributed by atoms with E-state index in [-0.39, 0.29) is 6.04 Å². The maximum Gasteiger partial charge on any atom is 0.407 e. The van der Waals surface area contributed by atoms with Crippen LogP contribution in [0, 0.1) is 0 Å². The molecule has 0 spiro atoms. The summed E-state index contributed by atoms with van der Waals surface area (Å²) in [6.45, 7) is 6.06. The Morgan fingerprint density at radius 2 is 1.85 bits per heavy atom. The normalized spacial score (nSPS) is 13.9. The summed E-state index contributed by atoms with van der Waals surface area (Å²) in [4.78, 5) is 11.3. The molecule has 0 saturated heterocycles. The molecule has 1 unspecified atom stereocenters. The van der Waals surface area contributed by atoms with Gasteiger partial charge in [-0.05, 0) is 34.1 Å². The Kier molecular flexibility index (Phi) is 7.96. The van der Waals surface area contributed by atoms with Crippen LogP contribution in [-0.4, -0.2) is 50.5 Å². The van der Waals surface area contributed by atoms with Gasteiger partial charge in [-0.3, -0.25) is 0 Å². The molecule has 1 atom stereocenters. The number of alkyl carbamates (subject to hydrolysis) is 1. The summed E-state index contributed by atoms with van der Waals surface area (Å²) in [5, 5.41) is 4.78. The first-order valence-electron chi connectivity index (χ1n) is 6.63. The van der Waals surface area contributed by atoms with E-state index in [4.69, 9.17) is 9.47 Å². The molecule has 1 amide bonds. The average Bonchev–Trinajstić information content (AvgIpc) is 2.29. The van der Waals surface area contributed by atoms with Crippen LogP contribution >= 0.6 is 0 Å². The van der Waals surface area contributed by atoms with E-state index >= 15 is 0 Å². The second kappa shape index (κ2) is 8.36. The lowest BCUT2D eigenvalue weighted by molar-refractivity contribution is -0.00581. The maximum absolute atomic E-state index is 13.5. The first-order chi connectivity index (χ1) is 9.06. The lowest BCUT2D eigenvalue weighted by Gasteiger charge is -2.23. The summed E-state index contributed by atoms with van der Waals surface area (Å²) in [6, 6.07) is -0.0812. The smallest absolute Gasteiger partial charge is 0.407 e. The van der Waals surface area contributed by atoms with Crippen LogP contribution in [0.5, 0.6) is 0 Å². The molecule has 0 radical (unpaired) electrons. The van der Waals surface area contributed by atoms with Crippen LogP contribution in [0.25, 0.3) is 0 Å². The molecule has 20 heavy (non-hydrogen) atoms. The van der Waals surface area contributed by atoms with E-state index in [0.29, 0.717) is 13.0 Å². The van der Waals surface area contributed by atoms with Gasteiger partial charge in [0.1, 0.15) is 5.60 Å². The van der Waals surface area contributed by atoms with Crippen molar-refractivity contribution < 1.29 is 23.0 Å². The fourth-order valence-electron chi connectivity index (χ4n) is 1.30. The zero-order valence-corrected chi connectivity index (χ0v) is 12.9. The highest BCUT2D eigenvalue weighted by Crippen LogP contribution is 2.12. The number of alkyl halides is 2. The highest BCUT2D eigenvalue weighted by Gasteiger charge is 2.30. The van der Waals surface area contributed by atoms with Crippen molar-refractivity contribution in [2.24, 2.45) is 0 Å². The minimum atomic E-state index is -3.03. The number of methoxy groups -OCH3 is 1. The number of halogens is 2. The standard InChI is InChI=1S/C13H26F2N2O3/c1-10(6-7-19-5)16-8-13(14,15)9-17-11(18)20-12(2,3)4/h10,16H,6-9H2,1-5H3,(H,17,18). The third kappa shape index (κ3) is 10.9. The van der Waals surface area contributed by atoms with Crippen LogP contribution in [0.1, 0.15) is 34.1 Å². The zero-order chi connectivity index (χ0) is 15.8. The molecule has 0 aromatic heterocycles. The van der Waals surface area contributed by atoms with Gasteiger partial charge in [-0.2, -0.15) is 0 Å². The lowest BCUT2D eigenvalue weighted by Crippen LogP contribution is -2.46. The molecule has 0 rings (SSSR count). The molecule has 7 heteroatoms. The number of rotatable bonds is 8. The molecule has 0 saturated carbocycles. The first kappa shape index (κ1) is 19.1. The quantitative estimate of drug-likeness (QED) is 0.720. The Morgan fingerprint density at radius 1 is 1.25 bits per heavy atom. The summed E-state index contributed by atoms with van der Waals surface area (Å²) < 4.78 is 36.8. The molecule has 0 aromatic carbocycles. The number of ether oxygens (including phenoxy) is 2. The summed E-state index contributed by atoms with van der Waals surface area (Å²) in [5.74, 6) is -3.03. The minimum absolute atomic E-state index is 0.0812. The Labute approximate surface area is 119 Å². The SMILES string of the molecule is COCCC(C)NCC(F)(F)CNC(=O)OC(C)(C)C. The minimum Gasteiger partial charge on any atom is -0.444 e. The molecule has 0 fully saturated rings. The average molecular weight is 296 g/mol. The fourth-order valence-corrected chi connectivity index (χ4v) is 1.30. The predicted molar refractivity (Wildman–Crippen MR) is 73.1 cm³/mol. The highest BCUT2D eigenvalue weighted by atomic mass is 19.3. The van der Waals surface area contributed by atoms with Gasteiger partial charge in [0, 0.05) is 19.8 Å². The summed E-state index contributed by atoms with van der Waals surface area (Å²) in [6.07, 6.45) is -0.198. The Morgan fingerprint density at radius 3 is 2.35 bits per heavy atom. The summed E-state index contributed by atoms with van der Waals surface area (Å²) in [7, 11) is 1.56. The van der Waals surface area contributed by atoms with Crippen molar-refractivity contribution in [1.29, 1.82) is 0 Å². The van der Waals surface area contributed by atoms with Gasteiger partial charge in [0.05, 0.1) is 13.1 Å². The maximum atomic E-state index is 13.5. The van der Waals surface area contributed by atoms with Gasteiger partial charge in [-0.1, -0.05) is 0 Å². The molecule has 2 N–H and O–H groups in total. The molecule has 0 bridgehead atoms. The number of carbonyl (C=O) groups is 1. The molecule has 0 heterocycles. The van der Waals surface area contributed by atoms with Crippen LogP contribution in [0.3, 0.4) is 0 Å². The monoisotopic (exact) mass is 296 g/mol. The molecule has 0 aliphatic rings. The molecule has 120 valence electrons. The Balaban J connectivity index is 3.97. The number of carbonyl (C=O) groups excluding carboxylic acids is 1. The molecular weight excluding hydrogens is 270 g/mol. The topological polar surface area (TPSA) is 59.6 Å². The van der Waals surface area contributed by atoms with Crippen molar-refractivity contribution in [2.75, 3.05) is 26.8 Å². The van der Waals surface area contributed by atoms with Gasteiger partial charge in [-0.25, -0.2) is 13.6 Å². The van der Waals surface area contributed by atoms with Crippen molar-refractivity contribution in [2.45, 2.75) is 51.7 Å². The van der Waals surface area contributed by atoms with Crippen molar-refractivity contribution in [3.8, 4) is 0 Å². The van der Waals surface area contributed by atoms with Gasteiger partial charge in [0.15, 0.2) is 0 Å². The van der Waals surface area contributed by atoms with Gasteiger partial charge in [0.25, 0.3) is 5.92 Å². The fraction of sp³-hybridized carbons (Fsp3) is 0.923. The van der Waals surface area contributed by atoms with E-state index in [1.165, 1.54) is 0 Å². The Bertz CT molecular complexity index is 294. The highest BCUT2D eigenvalue weighted by molar-refractivity contribution is 5.67. The third-order valence-electron chi connectivity index (χ3n) is 2.35. The van der Waals surface area contributed by atoms with Gasteiger partial charge in [-0.15, -0.1) is 0 Å². The van der Waals surface area contributed by atoms with Crippen molar-refractivity contribution in [3.05, 3.63) is 0 Å². The van der Waals surface area contributed by atoms with E-state index in [1.54, 1.807) is 34.8 Å². The van der Waals surface area contributed by atoms with Crippen LogP contribution in [-0.2, 0) is 9.47 Å². The van der Waals surface area contributed by atoms with E-state index in [0.717, 1.165) is 0 Å². The van der Waals surface area contributed by atoms with Crippen molar-refractivity contribution in [1.82, 2.24) is 10.6 Å². The van der Waals surface area contributed by atoms with Gasteiger partial charge < -0.3 is 20.1 Å². The summed E-state index contributed by atoms with van der Waals surface area (Å²) in [5.41, 5.74) is -0.702. The molecule has 0 aromatic rings. The first-order valence-corrected chi connectivity index (χ1v) is 6.63. The zero-order valence-electron chi connectivity index (χ0n) is 12.9. The van der Waals surface area contributed by atoms with Gasteiger partial charge >= 0.3 is 6.09 Å². The number of hydrogen-bond donors (Lipinski definition) is 2. The second-order valence-corrected chi connectivity index (χ2v) is 5.77. The summed E-state index contributed by atoms with van der Waals surface area (Å²) >= 11 is 0. The van der Waals surface area contributed by atoms with Crippen molar-refractivity contribution in [3.63, 3.8) is 0 Å². The van der Waals surface area contributed by atoms with Crippen molar-refractivity contribution >= 4 is 6.09 Å². The molecule has 5 nitrogen and oxygen atoms in total. The molecular formula is C13H26F2N2O3. The Hall–Kier alpha value is -0.950. The van der Waals surface area contributed by atoms with E-state index in [1.807, 2.05) is 0 Å². The second-order valence-electron chi connectivity index (χ2n) is 5.77. The lowest BCUT2D eigenvalue weighted by atomic mass is 10.2. The van der Waals surface area contributed by atoms with E-state index < -0.39 is 30.7 Å². The predicted octanol–water partition coefficient (Wildman–Crippen LogP) is 2.16. The molecule has 0 aliphatic heterocycles. The van der Waals surface area contributed by atoms with Gasteiger partial charge in [0.2, 0.25) is 0 Å². The largest absolute Gasteiger partial charge is 0.444 e. The number of hydrogen-bond acceptors (Lipinski definition) is 4. The van der Waals surface area contributed by atoms with E-state index in [2.05, 4.69) is 10.6 Å². The van der Waals surface area contributed by atoms with E-state index in [9.17, 15) is 13.6 Å². The van der Waals surface area contributed by atoms with Crippen LogP contribution in [0.4, 0.5) is 13.6 Å².